The van der Waals surface area contributed by atoms with Gasteiger partial charge in [-0.15, -0.1) is 0 Å². The molecule has 2 aromatic carbocycles. The number of nitrogens with two attached hydrogens (primary N) is 1. The van der Waals surface area contributed by atoms with Gasteiger partial charge in [0, 0.05) is 23.1 Å². The molecule has 1 aromatic heterocycles. The van der Waals surface area contributed by atoms with E-state index in [-0.39, 0.29) is 39.4 Å². The van der Waals surface area contributed by atoms with Gasteiger partial charge in [-0.2, -0.15) is 0 Å². The van der Waals surface area contributed by atoms with Gasteiger partial charge in [0.1, 0.15) is 0 Å². The van der Waals surface area contributed by atoms with Crippen LogP contribution >= 0.6 is 27.5 Å². The number of benzene rings is 2. The first-order valence-electron chi connectivity index (χ1n) is 8.27. The van der Waals surface area contributed by atoms with Crippen molar-refractivity contribution in [3.8, 4) is 0 Å². The lowest BCUT2D eigenvalue weighted by Crippen LogP contribution is -2.18. The summed E-state index contributed by atoms with van der Waals surface area (Å²) in [6.07, 6.45) is 0.122. The van der Waals surface area contributed by atoms with E-state index < -0.39 is 15.9 Å². The fourth-order valence-corrected chi connectivity index (χ4v) is 5.12. The van der Waals surface area contributed by atoms with Crippen LogP contribution in [0, 0.1) is 0 Å². The van der Waals surface area contributed by atoms with Crippen LogP contribution in [0.3, 0.4) is 0 Å². The predicted octanol–water partition coefficient (Wildman–Crippen LogP) is 3.53. The van der Waals surface area contributed by atoms with E-state index in [1.165, 1.54) is 18.2 Å². The molecule has 2 N–H and O–H groups in total. The smallest absolute Gasteiger partial charge is 0.268 e. The fraction of sp³-hybridized carbons (Fsp3) is 0.158. The number of carbonyl (C=O) groups is 2. The summed E-state index contributed by atoms with van der Waals surface area (Å²) in [6.45, 7) is 0. The second-order valence-electron chi connectivity index (χ2n) is 6.13. The summed E-state index contributed by atoms with van der Waals surface area (Å²) in [5.74, 6) is -0.808. The van der Waals surface area contributed by atoms with Crippen LogP contribution < -0.4 is 5.73 Å². The van der Waals surface area contributed by atoms with Gasteiger partial charge >= 0.3 is 0 Å². The number of hydrogen-bond donors (Lipinski definition) is 1. The van der Waals surface area contributed by atoms with Gasteiger partial charge in [0.05, 0.1) is 20.8 Å². The van der Waals surface area contributed by atoms with Crippen molar-refractivity contribution in [1.82, 2.24) is 3.97 Å². The van der Waals surface area contributed by atoms with Crippen molar-refractivity contribution in [3.63, 3.8) is 0 Å². The molecular weight excluding hydrogens is 468 g/mol. The van der Waals surface area contributed by atoms with Crippen molar-refractivity contribution in [2.75, 3.05) is 5.33 Å². The molecule has 3 aromatic rings. The average molecular weight is 484 g/mol. The van der Waals surface area contributed by atoms with Crippen LogP contribution in [0.25, 0.3) is 10.9 Å². The summed E-state index contributed by atoms with van der Waals surface area (Å²) >= 11 is 9.33. The van der Waals surface area contributed by atoms with Crippen molar-refractivity contribution in [3.05, 3.63) is 64.8 Å². The molecule has 0 fully saturated rings. The average Bonchev–Trinajstić information content (AvgIpc) is 3.03. The van der Waals surface area contributed by atoms with Gasteiger partial charge in [0.2, 0.25) is 5.91 Å². The van der Waals surface area contributed by atoms with Crippen LogP contribution in [-0.4, -0.2) is 29.4 Å². The molecule has 9 heteroatoms. The van der Waals surface area contributed by atoms with E-state index in [2.05, 4.69) is 15.9 Å². The molecule has 28 heavy (non-hydrogen) atoms. The maximum absolute atomic E-state index is 13.3. The summed E-state index contributed by atoms with van der Waals surface area (Å²) in [7, 11) is -3.96. The van der Waals surface area contributed by atoms with E-state index in [4.69, 9.17) is 17.3 Å². The van der Waals surface area contributed by atoms with Crippen LogP contribution in [0.15, 0.2) is 53.4 Å². The molecule has 0 aliphatic rings. The van der Waals surface area contributed by atoms with E-state index in [1.54, 1.807) is 30.3 Å². The normalized spacial score (nSPS) is 11.6. The molecule has 0 atom stereocenters. The molecule has 1 heterocycles. The summed E-state index contributed by atoms with van der Waals surface area (Å²) in [5.41, 5.74) is 6.16. The molecule has 0 bridgehead atoms. The van der Waals surface area contributed by atoms with E-state index in [0.717, 1.165) is 3.97 Å². The lowest BCUT2D eigenvalue weighted by Gasteiger charge is -2.12. The monoisotopic (exact) mass is 482 g/mol. The summed E-state index contributed by atoms with van der Waals surface area (Å²) in [5, 5.41) is 0.835. The molecule has 0 saturated heterocycles. The van der Waals surface area contributed by atoms with E-state index >= 15 is 0 Å². The molecule has 0 unspecified atom stereocenters. The number of rotatable bonds is 7. The number of nitrogens with zero attached hydrogens (tertiary/aromatic N) is 1. The third kappa shape index (κ3) is 3.85. The van der Waals surface area contributed by atoms with Crippen molar-refractivity contribution >= 4 is 60.1 Å². The van der Waals surface area contributed by atoms with E-state index in [0.29, 0.717) is 16.6 Å². The van der Waals surface area contributed by atoms with Gasteiger partial charge < -0.3 is 5.73 Å². The zero-order chi connectivity index (χ0) is 20.5. The Balaban J connectivity index is 2.31. The van der Waals surface area contributed by atoms with Crippen LogP contribution in [0.4, 0.5) is 0 Å². The number of primary amides is 1. The first kappa shape index (κ1) is 20.6. The Labute approximate surface area is 175 Å². The van der Waals surface area contributed by atoms with Crippen molar-refractivity contribution in [2.24, 2.45) is 5.73 Å². The predicted molar refractivity (Wildman–Crippen MR) is 112 cm³/mol. The number of fused-ring (bicyclic) bond motifs is 1. The number of aromatic nitrogens is 1. The number of amides is 1. The summed E-state index contributed by atoms with van der Waals surface area (Å²) < 4.78 is 27.8. The second-order valence-corrected chi connectivity index (χ2v) is 8.89. The topological polar surface area (TPSA) is 99.2 Å². The SMILES string of the molecule is NC(=O)CCc1cc2cc(Cl)c(C(=O)CBr)cc2n1S(=O)(=O)c1ccccc1. The van der Waals surface area contributed by atoms with Crippen LogP contribution in [-0.2, 0) is 21.2 Å². The Hall–Kier alpha value is -2.16. The first-order chi connectivity index (χ1) is 13.3. The Bertz CT molecular complexity index is 1170. The van der Waals surface area contributed by atoms with Crippen molar-refractivity contribution in [1.29, 1.82) is 0 Å². The minimum Gasteiger partial charge on any atom is -0.370 e. The number of Topliss-reactive ketones (excluding diaryl/α,β-unsaturated/α-hetero) is 1. The minimum atomic E-state index is -3.96. The molecule has 3 rings (SSSR count). The quantitative estimate of drug-likeness (QED) is 0.410. The number of hydrogen-bond acceptors (Lipinski definition) is 4. The molecule has 0 aliphatic carbocycles. The highest BCUT2D eigenvalue weighted by atomic mass is 79.9. The van der Waals surface area contributed by atoms with Crippen molar-refractivity contribution in [2.45, 2.75) is 17.7 Å². The molecule has 0 aliphatic heterocycles. The standard InChI is InChI=1S/C19H16BrClN2O4S/c20-11-18(24)15-10-17-12(9-16(15)21)8-13(6-7-19(22)25)23(17)28(26,27)14-4-2-1-3-5-14/h1-5,8-10H,6-7,11H2,(H2,22,25). The largest absolute Gasteiger partial charge is 0.370 e. The number of halogens is 2. The molecular formula is C19H16BrClN2O4S. The molecule has 6 nitrogen and oxygen atoms in total. The number of ketones is 1. The molecule has 146 valence electrons. The van der Waals surface area contributed by atoms with Gasteiger partial charge in [0.15, 0.2) is 5.78 Å². The number of carbonyl (C=O) groups excluding carboxylic acids is 2. The lowest BCUT2D eigenvalue weighted by molar-refractivity contribution is -0.118. The van der Waals surface area contributed by atoms with Gasteiger partial charge in [0.25, 0.3) is 10.0 Å². The zero-order valence-electron chi connectivity index (χ0n) is 14.6. The molecule has 1 amide bonds. The lowest BCUT2D eigenvalue weighted by atomic mass is 10.1. The maximum atomic E-state index is 13.3. The molecule has 0 radical (unpaired) electrons. The Kier molecular flexibility index (Phi) is 5.92. The molecule has 0 saturated carbocycles. The highest BCUT2D eigenvalue weighted by molar-refractivity contribution is 9.09. The molecule has 0 spiro atoms. The zero-order valence-corrected chi connectivity index (χ0v) is 17.7. The number of aryl methyl sites for hydroxylation is 1. The van der Waals surface area contributed by atoms with E-state index in [9.17, 15) is 18.0 Å². The van der Waals surface area contributed by atoms with Gasteiger partial charge in [-0.05, 0) is 36.8 Å². The highest BCUT2D eigenvalue weighted by Gasteiger charge is 2.24. The maximum Gasteiger partial charge on any atom is 0.268 e. The van der Waals surface area contributed by atoms with Crippen molar-refractivity contribution < 1.29 is 18.0 Å². The third-order valence-corrected chi connectivity index (χ3v) is 6.85. The van der Waals surface area contributed by atoms with Gasteiger partial charge in [-0.3, -0.25) is 9.59 Å². The van der Waals surface area contributed by atoms with Crippen LogP contribution in [0.1, 0.15) is 22.5 Å². The Morgan fingerprint density at radius 2 is 1.79 bits per heavy atom. The van der Waals surface area contributed by atoms with Crippen LogP contribution in [0.2, 0.25) is 5.02 Å². The fourth-order valence-electron chi connectivity index (χ4n) is 2.95. The minimum absolute atomic E-state index is 0.0123. The third-order valence-electron chi connectivity index (χ3n) is 4.25. The van der Waals surface area contributed by atoms with Gasteiger partial charge in [-0.25, -0.2) is 12.4 Å². The summed E-state index contributed by atoms with van der Waals surface area (Å²) in [6, 6.07) is 12.6. The Morgan fingerprint density at radius 1 is 1.11 bits per heavy atom. The van der Waals surface area contributed by atoms with Crippen LogP contribution in [0.5, 0.6) is 0 Å². The first-order valence-corrected chi connectivity index (χ1v) is 11.2. The number of alkyl halides is 1. The summed E-state index contributed by atoms with van der Waals surface area (Å²) in [4.78, 5) is 23.5. The second kappa shape index (κ2) is 8.06. The van der Waals surface area contributed by atoms with Gasteiger partial charge in [-0.1, -0.05) is 45.7 Å². The Morgan fingerprint density at radius 3 is 2.39 bits per heavy atom. The highest BCUT2D eigenvalue weighted by Crippen LogP contribution is 2.31. The van der Waals surface area contributed by atoms with E-state index in [1.807, 2.05) is 0 Å².